The second kappa shape index (κ2) is 9.14. The molecule has 142 valence electrons. The average molecular weight is 358 g/mol. The van der Waals surface area contributed by atoms with Crippen LogP contribution < -0.4 is 4.74 Å². The van der Waals surface area contributed by atoms with E-state index >= 15 is 0 Å². The molecule has 2 aromatic rings. The molecule has 0 bridgehead atoms. The highest BCUT2D eigenvalue weighted by Crippen LogP contribution is 2.21. The fourth-order valence-electron chi connectivity index (χ4n) is 3.59. The lowest BCUT2D eigenvalue weighted by molar-refractivity contribution is 0.152. The Labute approximate surface area is 156 Å². The van der Waals surface area contributed by atoms with Crippen LogP contribution in [0.1, 0.15) is 31.2 Å². The second-order valence-corrected chi connectivity index (χ2v) is 7.53. The van der Waals surface area contributed by atoms with Gasteiger partial charge in [0.25, 0.3) is 0 Å². The van der Waals surface area contributed by atoms with Crippen molar-refractivity contribution in [1.29, 1.82) is 0 Å². The Morgan fingerprint density at radius 2 is 2.12 bits per heavy atom. The van der Waals surface area contributed by atoms with Crippen LogP contribution in [0.4, 0.5) is 0 Å². The van der Waals surface area contributed by atoms with Crippen molar-refractivity contribution in [3.05, 3.63) is 42.0 Å². The van der Waals surface area contributed by atoms with E-state index in [0.29, 0.717) is 0 Å². The van der Waals surface area contributed by atoms with Crippen LogP contribution in [0.15, 0.2) is 30.6 Å². The molecule has 6 heteroatoms. The maximum Gasteiger partial charge on any atom is 0.146 e. The number of piperidine rings is 1. The van der Waals surface area contributed by atoms with Gasteiger partial charge in [-0.3, -0.25) is 9.80 Å². The highest BCUT2D eigenvalue weighted by atomic mass is 16.5. The highest BCUT2D eigenvalue weighted by molar-refractivity contribution is 5.33. The van der Waals surface area contributed by atoms with Crippen LogP contribution in [0.5, 0.6) is 5.75 Å². The summed E-state index contributed by atoms with van der Waals surface area (Å²) in [6.45, 7) is 8.08. The molecule has 1 aliphatic rings. The zero-order valence-corrected chi connectivity index (χ0v) is 16.3. The first-order valence-corrected chi connectivity index (χ1v) is 9.56. The third-order valence-electron chi connectivity index (χ3n) is 5.04. The molecule has 0 spiro atoms. The molecule has 1 atom stereocenters. The lowest BCUT2D eigenvalue weighted by Crippen LogP contribution is -2.37. The van der Waals surface area contributed by atoms with Crippen LogP contribution in [0.25, 0.3) is 0 Å². The number of aromatic nitrogens is 3. The molecule has 0 amide bonds. The van der Waals surface area contributed by atoms with Crippen LogP contribution in [-0.2, 0) is 20.1 Å². The summed E-state index contributed by atoms with van der Waals surface area (Å²) >= 11 is 0. The molecule has 1 aliphatic heterocycles. The fourth-order valence-corrected chi connectivity index (χ4v) is 3.59. The Morgan fingerprint density at radius 1 is 1.27 bits per heavy atom. The summed E-state index contributed by atoms with van der Waals surface area (Å²) in [5.41, 5.74) is 1.21. The number of nitrogens with zero attached hydrogens (tertiary/aromatic N) is 5. The number of hydrogen-bond acceptors (Lipinski definition) is 5. The van der Waals surface area contributed by atoms with Crippen LogP contribution in [0.2, 0.25) is 0 Å². The van der Waals surface area contributed by atoms with Gasteiger partial charge in [0.2, 0.25) is 0 Å². The maximum atomic E-state index is 6.13. The molecule has 2 heterocycles. The number of aryl methyl sites for hydroxylation is 1. The predicted octanol–water partition coefficient (Wildman–Crippen LogP) is 2.56. The molecule has 3 rings (SSSR count). The Morgan fingerprint density at radius 3 is 2.88 bits per heavy atom. The van der Waals surface area contributed by atoms with Crippen molar-refractivity contribution in [2.75, 3.05) is 33.3 Å². The molecule has 1 unspecified atom stereocenters. The predicted molar refractivity (Wildman–Crippen MR) is 103 cm³/mol. The standard InChI is InChI=1S/C20H31N5O/c1-17-7-6-10-25(13-17)11-12-26-19-9-5-4-8-18(19)14-23(2)15-20-22-21-16-24(20)3/h4-5,8-9,16-17H,6-7,10-15H2,1-3H3. The van der Waals surface area contributed by atoms with Crippen molar-refractivity contribution in [2.45, 2.75) is 32.9 Å². The number of likely N-dealkylation sites (tertiary alicyclic amines) is 1. The van der Waals surface area contributed by atoms with Crippen LogP contribution in [-0.4, -0.2) is 57.9 Å². The molecule has 1 saturated heterocycles. The first-order valence-electron chi connectivity index (χ1n) is 9.56. The summed E-state index contributed by atoms with van der Waals surface area (Å²) in [6, 6.07) is 8.34. The van der Waals surface area contributed by atoms with Crippen molar-refractivity contribution in [2.24, 2.45) is 13.0 Å². The van der Waals surface area contributed by atoms with Gasteiger partial charge in [-0.1, -0.05) is 25.1 Å². The Balaban J connectivity index is 1.51. The summed E-state index contributed by atoms with van der Waals surface area (Å²) in [5.74, 6) is 2.76. The number of para-hydroxylation sites is 1. The summed E-state index contributed by atoms with van der Waals surface area (Å²) < 4.78 is 8.09. The van der Waals surface area contributed by atoms with Crippen molar-refractivity contribution < 1.29 is 4.74 Å². The molecular weight excluding hydrogens is 326 g/mol. The summed E-state index contributed by atoms with van der Waals surface area (Å²) in [7, 11) is 4.07. The van der Waals surface area contributed by atoms with Gasteiger partial charge < -0.3 is 9.30 Å². The number of hydrogen-bond donors (Lipinski definition) is 0. The smallest absolute Gasteiger partial charge is 0.146 e. The first kappa shape index (κ1) is 18.9. The number of benzene rings is 1. The largest absolute Gasteiger partial charge is 0.492 e. The SMILES string of the molecule is CC1CCCN(CCOc2ccccc2CN(C)Cc2nncn2C)C1. The van der Waals surface area contributed by atoms with E-state index in [-0.39, 0.29) is 0 Å². The van der Waals surface area contributed by atoms with E-state index in [1.54, 1.807) is 6.33 Å². The minimum atomic E-state index is 0.747. The van der Waals surface area contributed by atoms with E-state index in [4.69, 9.17) is 4.74 Å². The minimum absolute atomic E-state index is 0.747. The topological polar surface area (TPSA) is 46.4 Å². The second-order valence-electron chi connectivity index (χ2n) is 7.53. The van der Waals surface area contributed by atoms with Crippen molar-refractivity contribution in [3.63, 3.8) is 0 Å². The third kappa shape index (κ3) is 5.29. The third-order valence-corrected chi connectivity index (χ3v) is 5.04. The van der Waals surface area contributed by atoms with Crippen molar-refractivity contribution in [1.82, 2.24) is 24.6 Å². The van der Waals surface area contributed by atoms with E-state index in [1.165, 1.54) is 31.5 Å². The molecule has 0 saturated carbocycles. The van der Waals surface area contributed by atoms with Crippen LogP contribution in [0.3, 0.4) is 0 Å². The molecule has 1 aromatic heterocycles. The highest BCUT2D eigenvalue weighted by Gasteiger charge is 2.16. The van der Waals surface area contributed by atoms with Gasteiger partial charge in [-0.05, 0) is 38.4 Å². The Bertz CT molecular complexity index is 686. The molecule has 1 fully saturated rings. The minimum Gasteiger partial charge on any atom is -0.492 e. The lowest BCUT2D eigenvalue weighted by atomic mass is 10.0. The summed E-state index contributed by atoms with van der Waals surface area (Å²) in [5, 5.41) is 8.11. The van der Waals surface area contributed by atoms with E-state index in [0.717, 1.165) is 43.7 Å². The normalized spacial score (nSPS) is 18.4. The van der Waals surface area contributed by atoms with Crippen LogP contribution in [0, 0.1) is 5.92 Å². The van der Waals surface area contributed by atoms with Gasteiger partial charge in [0.15, 0.2) is 0 Å². The molecule has 6 nitrogen and oxygen atoms in total. The monoisotopic (exact) mass is 357 g/mol. The number of rotatable bonds is 8. The van der Waals surface area contributed by atoms with Gasteiger partial charge in [-0.15, -0.1) is 10.2 Å². The molecule has 0 N–H and O–H groups in total. The summed E-state index contributed by atoms with van der Waals surface area (Å²) in [4.78, 5) is 4.76. The van der Waals surface area contributed by atoms with Gasteiger partial charge in [0.05, 0.1) is 6.54 Å². The molecule has 0 radical (unpaired) electrons. The number of ether oxygens (including phenoxy) is 1. The maximum absolute atomic E-state index is 6.13. The fraction of sp³-hybridized carbons (Fsp3) is 0.600. The zero-order valence-electron chi connectivity index (χ0n) is 16.3. The Hall–Kier alpha value is -1.92. The van der Waals surface area contributed by atoms with Gasteiger partial charge in [-0.25, -0.2) is 0 Å². The zero-order chi connectivity index (χ0) is 18.4. The van der Waals surface area contributed by atoms with Gasteiger partial charge >= 0.3 is 0 Å². The molecule has 0 aliphatic carbocycles. The van der Waals surface area contributed by atoms with Gasteiger partial charge in [-0.2, -0.15) is 0 Å². The molecule has 26 heavy (non-hydrogen) atoms. The average Bonchev–Trinajstić information content (AvgIpc) is 3.01. The van der Waals surface area contributed by atoms with E-state index in [9.17, 15) is 0 Å². The summed E-state index contributed by atoms with van der Waals surface area (Å²) in [6.07, 6.45) is 4.41. The van der Waals surface area contributed by atoms with E-state index in [1.807, 2.05) is 17.7 Å². The lowest BCUT2D eigenvalue weighted by Gasteiger charge is -2.30. The van der Waals surface area contributed by atoms with E-state index in [2.05, 4.69) is 52.2 Å². The van der Waals surface area contributed by atoms with E-state index < -0.39 is 0 Å². The van der Waals surface area contributed by atoms with Crippen LogP contribution >= 0.6 is 0 Å². The van der Waals surface area contributed by atoms with Gasteiger partial charge in [0.1, 0.15) is 24.5 Å². The van der Waals surface area contributed by atoms with Gasteiger partial charge in [0, 0.05) is 32.2 Å². The van der Waals surface area contributed by atoms with Crippen molar-refractivity contribution >= 4 is 0 Å². The molecular formula is C20H31N5O. The first-order chi connectivity index (χ1) is 12.6. The Kier molecular flexibility index (Phi) is 6.63. The van der Waals surface area contributed by atoms with Crippen molar-refractivity contribution in [3.8, 4) is 5.75 Å². The molecule has 1 aromatic carbocycles. The quantitative estimate of drug-likeness (QED) is 0.727.